The Bertz CT molecular complexity index is 566. The van der Waals surface area contributed by atoms with E-state index in [0.29, 0.717) is 13.1 Å². The summed E-state index contributed by atoms with van der Waals surface area (Å²) in [7, 11) is 0. The average molecular weight is 306 g/mol. The van der Waals surface area contributed by atoms with Crippen LogP contribution in [0.25, 0.3) is 0 Å². The van der Waals surface area contributed by atoms with E-state index < -0.39 is 5.82 Å². The molecule has 1 aromatic carbocycles. The first-order chi connectivity index (χ1) is 10.6. The van der Waals surface area contributed by atoms with Crippen LogP contribution in [-0.4, -0.2) is 54.4 Å². The second-order valence-electron chi connectivity index (χ2n) is 5.75. The standard InChI is InChI=1S/C16H19FN2O3/c17-13-5-1-2-6-14(13)22-11-15(20)19-9-12(10-19)16(21)18-7-3-4-8-18/h1-2,5-6,12H,3-4,7-11H2. The predicted molar refractivity (Wildman–Crippen MR) is 77.8 cm³/mol. The summed E-state index contributed by atoms with van der Waals surface area (Å²) in [5.74, 6) is -0.567. The minimum Gasteiger partial charge on any atom is -0.481 e. The molecule has 22 heavy (non-hydrogen) atoms. The summed E-state index contributed by atoms with van der Waals surface area (Å²) in [6.45, 7) is 2.34. The van der Waals surface area contributed by atoms with Crippen molar-refractivity contribution in [2.45, 2.75) is 12.8 Å². The lowest BCUT2D eigenvalue weighted by molar-refractivity contribution is -0.148. The van der Waals surface area contributed by atoms with Crippen molar-refractivity contribution in [3.05, 3.63) is 30.1 Å². The van der Waals surface area contributed by atoms with Gasteiger partial charge in [0.25, 0.3) is 5.91 Å². The van der Waals surface area contributed by atoms with E-state index in [1.165, 1.54) is 12.1 Å². The smallest absolute Gasteiger partial charge is 0.260 e. The van der Waals surface area contributed by atoms with E-state index in [1.54, 1.807) is 17.0 Å². The van der Waals surface area contributed by atoms with Crippen molar-refractivity contribution in [2.24, 2.45) is 5.92 Å². The van der Waals surface area contributed by atoms with Crippen molar-refractivity contribution in [3.8, 4) is 5.75 Å². The minimum atomic E-state index is -0.485. The Kier molecular flexibility index (Phi) is 4.27. The third-order valence-corrected chi connectivity index (χ3v) is 4.19. The number of amides is 2. The third-order valence-electron chi connectivity index (χ3n) is 4.19. The largest absolute Gasteiger partial charge is 0.481 e. The fraction of sp³-hybridized carbons (Fsp3) is 0.500. The molecule has 5 nitrogen and oxygen atoms in total. The molecule has 0 atom stereocenters. The zero-order valence-corrected chi connectivity index (χ0v) is 12.3. The molecule has 2 fully saturated rings. The maximum absolute atomic E-state index is 13.4. The van der Waals surface area contributed by atoms with Crippen molar-refractivity contribution >= 4 is 11.8 Å². The Labute approximate surface area is 128 Å². The van der Waals surface area contributed by atoms with Gasteiger partial charge < -0.3 is 14.5 Å². The Morgan fingerprint density at radius 3 is 2.50 bits per heavy atom. The molecule has 0 spiro atoms. The van der Waals surface area contributed by atoms with Gasteiger partial charge in [-0.1, -0.05) is 12.1 Å². The number of rotatable bonds is 4. The number of para-hydroxylation sites is 1. The number of halogens is 1. The fourth-order valence-corrected chi connectivity index (χ4v) is 2.83. The third kappa shape index (κ3) is 3.05. The summed E-state index contributed by atoms with van der Waals surface area (Å²) in [5.41, 5.74) is 0. The summed E-state index contributed by atoms with van der Waals surface area (Å²) >= 11 is 0. The van der Waals surface area contributed by atoms with Gasteiger partial charge in [0.2, 0.25) is 5.91 Å². The van der Waals surface area contributed by atoms with Crippen LogP contribution in [0, 0.1) is 11.7 Å². The molecule has 0 N–H and O–H groups in total. The number of benzene rings is 1. The lowest BCUT2D eigenvalue weighted by Gasteiger charge is -2.39. The molecule has 2 aliphatic rings. The Hall–Kier alpha value is -2.11. The van der Waals surface area contributed by atoms with E-state index in [1.807, 2.05) is 4.90 Å². The highest BCUT2D eigenvalue weighted by Gasteiger charge is 2.38. The van der Waals surface area contributed by atoms with Crippen LogP contribution in [-0.2, 0) is 9.59 Å². The SMILES string of the molecule is O=C(COc1ccccc1F)N1CC(C(=O)N2CCCC2)C1. The van der Waals surface area contributed by atoms with E-state index in [9.17, 15) is 14.0 Å². The van der Waals surface area contributed by atoms with Gasteiger partial charge in [-0.05, 0) is 25.0 Å². The summed E-state index contributed by atoms with van der Waals surface area (Å²) in [6.07, 6.45) is 2.13. The summed E-state index contributed by atoms with van der Waals surface area (Å²) in [6, 6.07) is 5.98. The van der Waals surface area contributed by atoms with Gasteiger partial charge in [0.15, 0.2) is 18.2 Å². The van der Waals surface area contributed by atoms with E-state index in [4.69, 9.17) is 4.74 Å². The summed E-state index contributed by atoms with van der Waals surface area (Å²) in [5, 5.41) is 0. The van der Waals surface area contributed by atoms with Crippen LogP contribution in [0.3, 0.4) is 0 Å². The van der Waals surface area contributed by atoms with E-state index >= 15 is 0 Å². The van der Waals surface area contributed by atoms with Crippen molar-refractivity contribution in [3.63, 3.8) is 0 Å². The first-order valence-electron chi connectivity index (χ1n) is 7.59. The number of hydrogen-bond donors (Lipinski definition) is 0. The van der Waals surface area contributed by atoms with Crippen molar-refractivity contribution in [1.29, 1.82) is 0 Å². The van der Waals surface area contributed by atoms with Gasteiger partial charge in [0.05, 0.1) is 5.92 Å². The van der Waals surface area contributed by atoms with E-state index in [2.05, 4.69) is 0 Å². The van der Waals surface area contributed by atoms with Gasteiger partial charge in [-0.3, -0.25) is 9.59 Å². The van der Waals surface area contributed by atoms with Crippen LogP contribution in [0.2, 0.25) is 0 Å². The van der Waals surface area contributed by atoms with Gasteiger partial charge >= 0.3 is 0 Å². The highest BCUT2D eigenvalue weighted by atomic mass is 19.1. The molecular weight excluding hydrogens is 287 g/mol. The molecule has 0 aromatic heterocycles. The number of carbonyl (C=O) groups is 2. The average Bonchev–Trinajstić information content (AvgIpc) is 2.99. The van der Waals surface area contributed by atoms with Crippen molar-refractivity contribution < 1.29 is 18.7 Å². The van der Waals surface area contributed by atoms with Crippen LogP contribution < -0.4 is 4.74 Å². The molecule has 2 amide bonds. The quantitative estimate of drug-likeness (QED) is 0.842. The monoisotopic (exact) mass is 306 g/mol. The van der Waals surface area contributed by atoms with Gasteiger partial charge in [-0.2, -0.15) is 0 Å². The highest BCUT2D eigenvalue weighted by molar-refractivity contribution is 5.85. The maximum Gasteiger partial charge on any atom is 0.260 e. The molecule has 3 rings (SSSR count). The molecule has 2 aliphatic heterocycles. The van der Waals surface area contributed by atoms with Gasteiger partial charge in [0.1, 0.15) is 0 Å². The van der Waals surface area contributed by atoms with Crippen LogP contribution in [0.15, 0.2) is 24.3 Å². The second-order valence-corrected chi connectivity index (χ2v) is 5.75. The molecule has 0 aliphatic carbocycles. The molecule has 2 heterocycles. The zero-order chi connectivity index (χ0) is 15.5. The molecule has 6 heteroatoms. The minimum absolute atomic E-state index is 0.0704. The van der Waals surface area contributed by atoms with Gasteiger partial charge in [0, 0.05) is 26.2 Å². The lowest BCUT2D eigenvalue weighted by Crippen LogP contribution is -2.57. The maximum atomic E-state index is 13.4. The van der Waals surface area contributed by atoms with Crippen molar-refractivity contribution in [1.82, 2.24) is 9.80 Å². The first kappa shape index (κ1) is 14.8. The molecule has 0 bridgehead atoms. The van der Waals surface area contributed by atoms with Crippen LogP contribution in [0.5, 0.6) is 5.75 Å². The van der Waals surface area contributed by atoms with Crippen LogP contribution >= 0.6 is 0 Å². The molecule has 0 unspecified atom stereocenters. The summed E-state index contributed by atoms with van der Waals surface area (Å²) in [4.78, 5) is 27.5. The van der Waals surface area contributed by atoms with E-state index in [0.717, 1.165) is 25.9 Å². The molecule has 1 aromatic rings. The molecule has 0 radical (unpaired) electrons. The van der Waals surface area contributed by atoms with Gasteiger partial charge in [-0.25, -0.2) is 4.39 Å². The van der Waals surface area contributed by atoms with Crippen LogP contribution in [0.1, 0.15) is 12.8 Å². The second kappa shape index (κ2) is 6.34. The normalized spacial score (nSPS) is 18.2. The number of hydrogen-bond acceptors (Lipinski definition) is 3. The number of ether oxygens (including phenoxy) is 1. The Morgan fingerprint density at radius 1 is 1.14 bits per heavy atom. The number of nitrogens with zero attached hydrogens (tertiary/aromatic N) is 2. The molecule has 0 saturated carbocycles. The Morgan fingerprint density at radius 2 is 1.82 bits per heavy atom. The number of likely N-dealkylation sites (tertiary alicyclic amines) is 2. The first-order valence-corrected chi connectivity index (χ1v) is 7.59. The number of carbonyl (C=O) groups excluding carboxylic acids is 2. The topological polar surface area (TPSA) is 49.9 Å². The van der Waals surface area contributed by atoms with Crippen LogP contribution in [0.4, 0.5) is 4.39 Å². The van der Waals surface area contributed by atoms with Gasteiger partial charge in [-0.15, -0.1) is 0 Å². The Balaban J connectivity index is 1.43. The van der Waals surface area contributed by atoms with E-state index in [-0.39, 0.29) is 30.1 Å². The summed E-state index contributed by atoms with van der Waals surface area (Å²) < 4.78 is 18.6. The zero-order valence-electron chi connectivity index (χ0n) is 12.3. The molecular formula is C16H19FN2O3. The molecule has 2 saturated heterocycles. The predicted octanol–water partition coefficient (Wildman–Crippen LogP) is 1.29. The lowest BCUT2D eigenvalue weighted by atomic mass is 9.98. The molecule has 118 valence electrons. The van der Waals surface area contributed by atoms with Crippen molar-refractivity contribution in [2.75, 3.05) is 32.8 Å². The highest BCUT2D eigenvalue weighted by Crippen LogP contribution is 2.21. The fourth-order valence-electron chi connectivity index (χ4n) is 2.83.